The van der Waals surface area contributed by atoms with E-state index in [0.29, 0.717) is 0 Å². The molecule has 7 heteroatoms. The zero-order valence-corrected chi connectivity index (χ0v) is 9.71. The Labute approximate surface area is 103 Å². The number of nitrogens with one attached hydrogen (secondary N) is 1. The Balaban J connectivity index is 2.73. The highest BCUT2D eigenvalue weighted by molar-refractivity contribution is 5.99. The van der Waals surface area contributed by atoms with Crippen molar-refractivity contribution in [2.75, 3.05) is 13.2 Å². The molecule has 1 aromatic carbocycles. The molecule has 0 fully saturated rings. The maximum Gasteiger partial charge on any atom is 0.325 e. The number of nitrogens with zero attached hydrogens (tertiary/aromatic N) is 1. The highest BCUT2D eigenvalue weighted by atomic mass is 16.6. The summed E-state index contributed by atoms with van der Waals surface area (Å²) < 4.78 is 4.62. The van der Waals surface area contributed by atoms with Crippen LogP contribution in [0.2, 0.25) is 0 Å². The number of carbonyl (C=O) groups is 2. The van der Waals surface area contributed by atoms with Gasteiger partial charge >= 0.3 is 5.97 Å². The van der Waals surface area contributed by atoms with E-state index < -0.39 is 16.8 Å². The fourth-order valence-corrected chi connectivity index (χ4v) is 1.28. The molecule has 0 unspecified atom stereocenters. The van der Waals surface area contributed by atoms with Crippen LogP contribution in [0.4, 0.5) is 5.69 Å². The molecule has 0 aliphatic carbocycles. The number of esters is 1. The van der Waals surface area contributed by atoms with E-state index in [9.17, 15) is 19.7 Å². The molecule has 96 valence electrons. The SMILES string of the molecule is CCOC(=O)CNC(=O)c1ccccc1[N+](=O)[O-]. The van der Waals surface area contributed by atoms with Crippen molar-refractivity contribution in [3.05, 3.63) is 39.9 Å². The van der Waals surface area contributed by atoms with Gasteiger partial charge in [-0.15, -0.1) is 0 Å². The lowest BCUT2D eigenvalue weighted by atomic mass is 10.1. The first kappa shape index (κ1) is 13.6. The predicted octanol–water partition coefficient (Wildman–Crippen LogP) is 0.888. The van der Waals surface area contributed by atoms with Gasteiger partial charge in [0.2, 0.25) is 0 Å². The second-order valence-electron chi connectivity index (χ2n) is 3.26. The molecule has 0 atom stereocenters. The zero-order chi connectivity index (χ0) is 13.5. The fraction of sp³-hybridized carbons (Fsp3) is 0.273. The Kier molecular flexibility index (Phi) is 4.79. The third-order valence-electron chi connectivity index (χ3n) is 2.04. The van der Waals surface area contributed by atoms with Crippen LogP contribution in [0.15, 0.2) is 24.3 Å². The molecule has 0 aromatic heterocycles. The van der Waals surface area contributed by atoms with Crippen molar-refractivity contribution in [1.29, 1.82) is 0 Å². The van der Waals surface area contributed by atoms with Crippen LogP contribution in [-0.4, -0.2) is 30.0 Å². The number of amides is 1. The van der Waals surface area contributed by atoms with Crippen molar-refractivity contribution in [1.82, 2.24) is 5.32 Å². The minimum Gasteiger partial charge on any atom is -0.465 e. The molecule has 1 aromatic rings. The van der Waals surface area contributed by atoms with Gasteiger partial charge in [-0.1, -0.05) is 12.1 Å². The van der Waals surface area contributed by atoms with Gasteiger partial charge in [0.15, 0.2) is 0 Å². The Bertz CT molecular complexity index is 472. The molecule has 1 rings (SSSR count). The van der Waals surface area contributed by atoms with Gasteiger partial charge in [0.25, 0.3) is 11.6 Å². The van der Waals surface area contributed by atoms with Crippen LogP contribution in [0.5, 0.6) is 0 Å². The minimum absolute atomic E-state index is 0.0909. The van der Waals surface area contributed by atoms with E-state index in [4.69, 9.17) is 0 Å². The van der Waals surface area contributed by atoms with E-state index in [1.165, 1.54) is 24.3 Å². The summed E-state index contributed by atoms with van der Waals surface area (Å²) in [6, 6.07) is 5.50. The number of nitro benzene ring substituents is 1. The molecule has 0 saturated carbocycles. The third-order valence-corrected chi connectivity index (χ3v) is 2.04. The smallest absolute Gasteiger partial charge is 0.325 e. The summed E-state index contributed by atoms with van der Waals surface area (Å²) in [5, 5.41) is 13.0. The van der Waals surface area contributed by atoms with Crippen LogP contribution in [-0.2, 0) is 9.53 Å². The topological polar surface area (TPSA) is 98.5 Å². The molecule has 0 spiro atoms. The van der Waals surface area contributed by atoms with Crippen LogP contribution in [0, 0.1) is 10.1 Å². The van der Waals surface area contributed by atoms with E-state index in [0.717, 1.165) is 0 Å². The van der Waals surface area contributed by atoms with Crippen LogP contribution in [0.3, 0.4) is 0 Å². The number of carbonyl (C=O) groups excluding carboxylic acids is 2. The zero-order valence-electron chi connectivity index (χ0n) is 9.71. The van der Waals surface area contributed by atoms with E-state index in [1.54, 1.807) is 6.92 Å². The minimum atomic E-state index is -0.685. The normalized spacial score (nSPS) is 9.61. The predicted molar refractivity (Wildman–Crippen MR) is 62.1 cm³/mol. The Morgan fingerprint density at radius 1 is 1.39 bits per heavy atom. The molecule has 1 amide bonds. The number of hydrogen-bond acceptors (Lipinski definition) is 5. The van der Waals surface area contributed by atoms with E-state index in [2.05, 4.69) is 10.1 Å². The van der Waals surface area contributed by atoms with E-state index >= 15 is 0 Å². The monoisotopic (exact) mass is 252 g/mol. The molecule has 18 heavy (non-hydrogen) atoms. The Hall–Kier alpha value is -2.44. The summed E-state index contributed by atoms with van der Waals surface area (Å²) in [5.41, 5.74) is -0.398. The lowest BCUT2D eigenvalue weighted by Gasteiger charge is -2.05. The summed E-state index contributed by atoms with van der Waals surface area (Å²) in [5.74, 6) is -1.28. The summed E-state index contributed by atoms with van der Waals surface area (Å²) in [6.45, 7) is 1.53. The largest absolute Gasteiger partial charge is 0.465 e. The quantitative estimate of drug-likeness (QED) is 0.476. The molecule has 0 saturated heterocycles. The summed E-state index contributed by atoms with van der Waals surface area (Å²) in [7, 11) is 0. The number of benzene rings is 1. The van der Waals surface area contributed by atoms with Gasteiger partial charge in [0.05, 0.1) is 11.5 Å². The lowest BCUT2D eigenvalue weighted by molar-refractivity contribution is -0.385. The summed E-state index contributed by atoms with van der Waals surface area (Å²) in [6.07, 6.45) is 0. The molecular formula is C11H12N2O5. The van der Waals surface area contributed by atoms with Gasteiger partial charge in [-0.3, -0.25) is 19.7 Å². The van der Waals surface area contributed by atoms with Gasteiger partial charge in [-0.2, -0.15) is 0 Å². The number of rotatable bonds is 5. The number of hydrogen-bond donors (Lipinski definition) is 1. The van der Waals surface area contributed by atoms with Crippen molar-refractivity contribution in [2.45, 2.75) is 6.92 Å². The molecule has 0 aliphatic heterocycles. The number of nitro groups is 1. The first-order valence-electron chi connectivity index (χ1n) is 5.23. The average Bonchev–Trinajstić information content (AvgIpc) is 2.36. The number of para-hydroxylation sites is 1. The van der Waals surface area contributed by atoms with Crippen LogP contribution >= 0.6 is 0 Å². The molecule has 0 radical (unpaired) electrons. The van der Waals surface area contributed by atoms with Gasteiger partial charge in [0.1, 0.15) is 12.1 Å². The van der Waals surface area contributed by atoms with Gasteiger partial charge in [-0.25, -0.2) is 0 Å². The molecule has 0 bridgehead atoms. The summed E-state index contributed by atoms with van der Waals surface area (Å²) in [4.78, 5) is 32.7. The number of ether oxygens (including phenoxy) is 1. The first-order valence-corrected chi connectivity index (χ1v) is 5.23. The van der Waals surface area contributed by atoms with Crippen molar-refractivity contribution < 1.29 is 19.2 Å². The molecule has 0 heterocycles. The maximum atomic E-state index is 11.7. The van der Waals surface area contributed by atoms with Gasteiger partial charge < -0.3 is 10.1 Å². The van der Waals surface area contributed by atoms with Gasteiger partial charge in [-0.05, 0) is 13.0 Å². The lowest BCUT2D eigenvalue weighted by Crippen LogP contribution is -2.31. The molecule has 1 N–H and O–H groups in total. The van der Waals surface area contributed by atoms with Crippen molar-refractivity contribution in [2.24, 2.45) is 0 Å². The van der Waals surface area contributed by atoms with Crippen LogP contribution in [0.25, 0.3) is 0 Å². The van der Waals surface area contributed by atoms with Crippen LogP contribution < -0.4 is 5.32 Å². The second kappa shape index (κ2) is 6.33. The van der Waals surface area contributed by atoms with Crippen molar-refractivity contribution >= 4 is 17.6 Å². The second-order valence-corrected chi connectivity index (χ2v) is 3.26. The van der Waals surface area contributed by atoms with E-state index in [-0.39, 0.29) is 24.4 Å². The van der Waals surface area contributed by atoms with Crippen molar-refractivity contribution in [3.63, 3.8) is 0 Å². The maximum absolute atomic E-state index is 11.7. The Morgan fingerprint density at radius 3 is 2.67 bits per heavy atom. The standard InChI is InChI=1S/C11H12N2O5/c1-2-18-10(14)7-12-11(15)8-5-3-4-6-9(8)13(16)17/h3-6H,2,7H2,1H3,(H,12,15). The van der Waals surface area contributed by atoms with E-state index in [1.807, 2.05) is 0 Å². The van der Waals surface area contributed by atoms with Crippen LogP contribution in [0.1, 0.15) is 17.3 Å². The highest BCUT2D eigenvalue weighted by Gasteiger charge is 2.19. The fourth-order valence-electron chi connectivity index (χ4n) is 1.28. The molecule has 0 aliphatic rings. The van der Waals surface area contributed by atoms with Crippen molar-refractivity contribution in [3.8, 4) is 0 Å². The molecule has 7 nitrogen and oxygen atoms in total. The highest BCUT2D eigenvalue weighted by Crippen LogP contribution is 2.16. The Morgan fingerprint density at radius 2 is 2.06 bits per heavy atom. The average molecular weight is 252 g/mol. The molecular weight excluding hydrogens is 240 g/mol. The summed E-state index contributed by atoms with van der Waals surface area (Å²) >= 11 is 0. The third kappa shape index (κ3) is 3.55. The van der Waals surface area contributed by atoms with Gasteiger partial charge in [0, 0.05) is 6.07 Å². The first-order chi connectivity index (χ1) is 8.56.